The Morgan fingerprint density at radius 3 is 2.86 bits per heavy atom. The number of ether oxygens (including phenoxy) is 2. The summed E-state index contributed by atoms with van der Waals surface area (Å²) in [7, 11) is 1.20. The zero-order valence-electron chi connectivity index (χ0n) is 11.6. The highest BCUT2D eigenvalue weighted by molar-refractivity contribution is 5.74. The summed E-state index contributed by atoms with van der Waals surface area (Å²) in [5.41, 5.74) is 1.76. The predicted molar refractivity (Wildman–Crippen MR) is 69.3 cm³/mol. The molecular formula is C15H16F2O4. The number of esters is 1. The number of carbonyl (C=O) groups excluding carboxylic acids is 1. The molecule has 0 saturated carbocycles. The van der Waals surface area contributed by atoms with Crippen LogP contribution < -0.4 is 4.74 Å². The van der Waals surface area contributed by atoms with Gasteiger partial charge in [0, 0.05) is 12.0 Å². The van der Waals surface area contributed by atoms with Gasteiger partial charge in [-0.05, 0) is 36.3 Å². The van der Waals surface area contributed by atoms with Crippen LogP contribution in [0.15, 0.2) is 0 Å². The van der Waals surface area contributed by atoms with Crippen molar-refractivity contribution >= 4 is 5.97 Å². The zero-order valence-corrected chi connectivity index (χ0v) is 11.6. The fourth-order valence-corrected chi connectivity index (χ4v) is 3.38. The van der Waals surface area contributed by atoms with Gasteiger partial charge in [0.15, 0.2) is 17.7 Å². The molecule has 2 atom stereocenters. The number of halogens is 2. The highest BCUT2D eigenvalue weighted by Gasteiger charge is 2.37. The van der Waals surface area contributed by atoms with E-state index in [-0.39, 0.29) is 18.1 Å². The summed E-state index contributed by atoms with van der Waals surface area (Å²) in [6.45, 7) is 0.328. The molecule has 21 heavy (non-hydrogen) atoms. The van der Waals surface area contributed by atoms with Gasteiger partial charge in [-0.3, -0.25) is 0 Å². The van der Waals surface area contributed by atoms with Gasteiger partial charge in [-0.1, -0.05) is 0 Å². The van der Waals surface area contributed by atoms with E-state index in [1.165, 1.54) is 7.11 Å². The molecule has 6 heteroatoms. The molecule has 0 amide bonds. The van der Waals surface area contributed by atoms with Crippen molar-refractivity contribution in [2.45, 2.75) is 37.7 Å². The van der Waals surface area contributed by atoms with Crippen molar-refractivity contribution in [2.24, 2.45) is 0 Å². The number of hydrogen-bond acceptors (Lipinski definition) is 4. The molecule has 0 saturated heterocycles. The molecule has 0 bridgehead atoms. The fraction of sp³-hybridized carbons (Fsp3) is 0.533. The van der Waals surface area contributed by atoms with Gasteiger partial charge in [-0.15, -0.1) is 0 Å². The largest absolute Gasteiger partial charge is 0.490 e. The molecule has 2 aliphatic rings. The van der Waals surface area contributed by atoms with Crippen LogP contribution in [0.3, 0.4) is 0 Å². The molecule has 1 aromatic rings. The minimum Gasteiger partial charge on any atom is -0.490 e. The third kappa shape index (κ3) is 2.18. The maximum absolute atomic E-state index is 14.1. The highest BCUT2D eigenvalue weighted by atomic mass is 19.2. The van der Waals surface area contributed by atoms with Crippen molar-refractivity contribution in [1.82, 2.24) is 0 Å². The van der Waals surface area contributed by atoms with Crippen molar-refractivity contribution in [3.05, 3.63) is 28.3 Å². The number of aliphatic hydroxyl groups is 1. The Bertz CT molecular complexity index is 600. The van der Waals surface area contributed by atoms with Gasteiger partial charge in [-0.2, -0.15) is 4.39 Å². The highest BCUT2D eigenvalue weighted by Crippen LogP contribution is 2.46. The third-order valence-electron chi connectivity index (χ3n) is 4.31. The van der Waals surface area contributed by atoms with E-state index in [1.807, 2.05) is 0 Å². The van der Waals surface area contributed by atoms with Gasteiger partial charge in [-0.25, -0.2) is 9.18 Å². The number of fused-ring (bicyclic) bond motifs is 3. The molecule has 1 N–H and O–H groups in total. The van der Waals surface area contributed by atoms with Gasteiger partial charge in [0.05, 0.1) is 13.7 Å². The first-order valence-corrected chi connectivity index (χ1v) is 6.95. The Morgan fingerprint density at radius 1 is 1.38 bits per heavy atom. The van der Waals surface area contributed by atoms with Crippen molar-refractivity contribution in [3.63, 3.8) is 0 Å². The second-order valence-electron chi connectivity index (χ2n) is 5.44. The number of methoxy groups -OCH3 is 1. The number of carbonyl (C=O) groups is 1. The van der Waals surface area contributed by atoms with Crippen LogP contribution in [0.5, 0.6) is 5.75 Å². The first-order chi connectivity index (χ1) is 10.0. The van der Waals surface area contributed by atoms with Crippen molar-refractivity contribution in [1.29, 1.82) is 0 Å². The molecule has 1 aromatic carbocycles. The van der Waals surface area contributed by atoms with E-state index in [0.717, 1.165) is 0 Å². The molecule has 1 heterocycles. The Hall–Kier alpha value is -1.69. The number of rotatable bonds is 3. The molecule has 114 valence electrons. The molecular weight excluding hydrogens is 282 g/mol. The Labute approximate surface area is 120 Å². The molecule has 0 aromatic heterocycles. The monoisotopic (exact) mass is 298 g/mol. The van der Waals surface area contributed by atoms with Crippen molar-refractivity contribution in [2.75, 3.05) is 13.7 Å². The average molecular weight is 298 g/mol. The molecule has 0 spiro atoms. The molecule has 4 nitrogen and oxygen atoms in total. The van der Waals surface area contributed by atoms with Crippen molar-refractivity contribution < 1.29 is 28.2 Å². The van der Waals surface area contributed by atoms with E-state index in [0.29, 0.717) is 42.6 Å². The second-order valence-corrected chi connectivity index (χ2v) is 5.44. The lowest BCUT2D eigenvalue weighted by Gasteiger charge is -2.18. The maximum atomic E-state index is 14.1. The van der Waals surface area contributed by atoms with Crippen LogP contribution in [0.2, 0.25) is 0 Å². The molecule has 1 aliphatic carbocycles. The summed E-state index contributed by atoms with van der Waals surface area (Å²) in [6.07, 6.45) is 0.411. The molecule has 0 radical (unpaired) electrons. The second kappa shape index (κ2) is 5.26. The van der Waals surface area contributed by atoms with Crippen LogP contribution in [0.4, 0.5) is 8.78 Å². The summed E-state index contributed by atoms with van der Waals surface area (Å²) in [4.78, 5) is 11.3. The number of benzene rings is 1. The first-order valence-electron chi connectivity index (χ1n) is 6.95. The van der Waals surface area contributed by atoms with Gasteiger partial charge in [0.1, 0.15) is 0 Å². The van der Waals surface area contributed by atoms with E-state index in [2.05, 4.69) is 4.74 Å². The Balaban J connectivity index is 1.97. The van der Waals surface area contributed by atoms with Gasteiger partial charge < -0.3 is 14.6 Å². The van der Waals surface area contributed by atoms with Gasteiger partial charge >= 0.3 is 5.97 Å². The van der Waals surface area contributed by atoms with Crippen LogP contribution >= 0.6 is 0 Å². The fourth-order valence-electron chi connectivity index (χ4n) is 3.38. The lowest BCUT2D eigenvalue weighted by Crippen LogP contribution is -2.24. The molecule has 1 aliphatic heterocycles. The third-order valence-corrected chi connectivity index (χ3v) is 4.31. The molecule has 3 rings (SSSR count). The minimum absolute atomic E-state index is 0.00860. The summed E-state index contributed by atoms with van der Waals surface area (Å²) >= 11 is 0. The van der Waals surface area contributed by atoms with E-state index >= 15 is 0 Å². The lowest BCUT2D eigenvalue weighted by atomic mass is 9.89. The van der Waals surface area contributed by atoms with Gasteiger partial charge in [0.2, 0.25) is 5.82 Å². The topological polar surface area (TPSA) is 55.8 Å². The summed E-state index contributed by atoms with van der Waals surface area (Å²) in [5.74, 6) is -2.68. The normalized spacial score (nSPS) is 20.7. The van der Waals surface area contributed by atoms with Crippen LogP contribution in [0.25, 0.3) is 0 Å². The molecule has 0 fully saturated rings. The predicted octanol–water partition coefficient (Wildman–Crippen LogP) is 1.85. The smallest absolute Gasteiger partial charge is 0.334 e. The summed E-state index contributed by atoms with van der Waals surface area (Å²) < 4.78 is 37.7. The first kappa shape index (κ1) is 14.3. The lowest BCUT2D eigenvalue weighted by molar-refractivity contribution is -0.150. The molecule has 2 unspecified atom stereocenters. The van der Waals surface area contributed by atoms with Crippen LogP contribution in [-0.2, 0) is 22.4 Å². The number of hydrogen-bond donors (Lipinski definition) is 1. The van der Waals surface area contributed by atoms with E-state index < -0.39 is 23.7 Å². The Morgan fingerprint density at radius 2 is 2.14 bits per heavy atom. The summed E-state index contributed by atoms with van der Waals surface area (Å²) in [6, 6.07) is 0. The van der Waals surface area contributed by atoms with Crippen molar-refractivity contribution in [3.8, 4) is 5.75 Å². The van der Waals surface area contributed by atoms with E-state index in [4.69, 9.17) is 4.74 Å². The van der Waals surface area contributed by atoms with Crippen LogP contribution in [-0.4, -0.2) is 30.9 Å². The SMILES string of the molecule is COC(=O)C(O)CC1CCc2c(F)c(F)c3c(c21)CCO3. The van der Waals surface area contributed by atoms with E-state index in [9.17, 15) is 18.7 Å². The quantitative estimate of drug-likeness (QED) is 0.865. The van der Waals surface area contributed by atoms with Gasteiger partial charge in [0.25, 0.3) is 0 Å². The number of aliphatic hydroxyl groups excluding tert-OH is 1. The standard InChI is InChI=1S/C15H16F2O4/c1-20-15(19)10(18)6-7-2-3-8-11(7)9-4-5-21-14(9)13(17)12(8)16/h7,10,18H,2-6H2,1H3. The van der Waals surface area contributed by atoms with E-state index in [1.54, 1.807) is 0 Å². The van der Waals surface area contributed by atoms with Crippen LogP contribution in [0.1, 0.15) is 35.4 Å². The minimum atomic E-state index is -1.25. The summed E-state index contributed by atoms with van der Waals surface area (Å²) in [5, 5.41) is 9.80. The van der Waals surface area contributed by atoms with Crippen LogP contribution in [0, 0.1) is 11.6 Å². The Kier molecular flexibility index (Phi) is 3.57. The maximum Gasteiger partial charge on any atom is 0.334 e. The zero-order chi connectivity index (χ0) is 15.1. The average Bonchev–Trinajstić information content (AvgIpc) is 3.10.